The van der Waals surface area contributed by atoms with E-state index in [1.807, 2.05) is 26.0 Å². The van der Waals surface area contributed by atoms with Gasteiger partial charge in [0, 0.05) is 12.5 Å². The molecule has 1 amide bonds. The van der Waals surface area contributed by atoms with Gasteiger partial charge < -0.3 is 10.1 Å². The largest absolute Gasteiger partial charge is 0.448 e. The van der Waals surface area contributed by atoms with E-state index in [2.05, 4.69) is 5.32 Å². The summed E-state index contributed by atoms with van der Waals surface area (Å²) < 4.78 is 5.25. The zero-order valence-electron chi connectivity index (χ0n) is 15.3. The Hall–Kier alpha value is -3.22. The number of benzene rings is 2. The zero-order chi connectivity index (χ0) is 19.7. The number of nitrogens with one attached hydrogen (secondary N) is 1. The topological polar surface area (TPSA) is 98.5 Å². The Morgan fingerprint density at radius 3 is 2.67 bits per heavy atom. The predicted octanol–water partition coefficient (Wildman–Crippen LogP) is 3.75. The minimum absolute atomic E-state index is 0.0772. The number of amides is 1. The molecule has 0 fully saturated rings. The van der Waals surface area contributed by atoms with E-state index in [0.29, 0.717) is 11.1 Å². The van der Waals surface area contributed by atoms with Crippen molar-refractivity contribution in [2.24, 2.45) is 0 Å². The van der Waals surface area contributed by atoms with Crippen molar-refractivity contribution in [3.8, 4) is 0 Å². The number of cyclic esters (lactones) is 1. The number of anilines is 1. The fraction of sp³-hybridized carbons (Fsp3) is 0.300. The first kappa shape index (κ1) is 18.6. The normalized spacial score (nSPS) is 15.9. The van der Waals surface area contributed by atoms with Crippen LogP contribution >= 0.6 is 0 Å². The summed E-state index contributed by atoms with van der Waals surface area (Å²) in [5.74, 6) is -0.864. The number of hydrogen-bond acceptors (Lipinski definition) is 5. The molecule has 1 unspecified atom stereocenters. The molecule has 1 aliphatic heterocycles. The number of carbonyl (C=O) groups excluding carboxylic acids is 2. The number of nitrogens with zero attached hydrogens (tertiary/aromatic N) is 1. The minimum Gasteiger partial charge on any atom is -0.448 e. The Kier molecular flexibility index (Phi) is 4.94. The molecule has 1 heterocycles. The Bertz CT molecular complexity index is 936. The standard InChI is InChI=1S/C20H20N2O5/c1-11(2)13-5-6-15-14(9-13)10-18(27-20(15)24)19(23)21-16-7-4-12(3)8-17(16)22(25)26/h4-9,11,18H,10H2,1-3H3,(H,21,23). The summed E-state index contributed by atoms with van der Waals surface area (Å²) in [5, 5.41) is 13.7. The first-order valence-corrected chi connectivity index (χ1v) is 8.66. The molecule has 7 nitrogen and oxygen atoms in total. The number of fused-ring (bicyclic) bond motifs is 1. The van der Waals surface area contributed by atoms with Gasteiger partial charge in [0.15, 0.2) is 6.10 Å². The fourth-order valence-electron chi connectivity index (χ4n) is 3.03. The second-order valence-electron chi connectivity index (χ2n) is 6.94. The lowest BCUT2D eigenvalue weighted by Gasteiger charge is -2.24. The van der Waals surface area contributed by atoms with Crippen LogP contribution in [0.1, 0.15) is 46.8 Å². The van der Waals surface area contributed by atoms with Crippen molar-refractivity contribution in [2.45, 2.75) is 39.2 Å². The number of nitro benzene ring substituents is 1. The summed E-state index contributed by atoms with van der Waals surface area (Å²) in [5.41, 5.74) is 2.85. The molecule has 27 heavy (non-hydrogen) atoms. The third-order valence-corrected chi connectivity index (χ3v) is 4.57. The summed E-state index contributed by atoms with van der Waals surface area (Å²) in [4.78, 5) is 35.5. The minimum atomic E-state index is -1.03. The van der Waals surface area contributed by atoms with E-state index in [4.69, 9.17) is 4.74 Å². The van der Waals surface area contributed by atoms with Crippen molar-refractivity contribution in [3.05, 3.63) is 68.8 Å². The van der Waals surface area contributed by atoms with Crippen LogP contribution < -0.4 is 5.32 Å². The van der Waals surface area contributed by atoms with Crippen molar-refractivity contribution in [1.82, 2.24) is 0 Å². The highest BCUT2D eigenvalue weighted by Gasteiger charge is 2.32. The van der Waals surface area contributed by atoms with Crippen LogP contribution in [0.15, 0.2) is 36.4 Å². The maximum absolute atomic E-state index is 12.6. The molecule has 140 valence electrons. The van der Waals surface area contributed by atoms with Crippen molar-refractivity contribution < 1.29 is 19.2 Å². The monoisotopic (exact) mass is 368 g/mol. The molecule has 0 saturated carbocycles. The van der Waals surface area contributed by atoms with Gasteiger partial charge in [0.2, 0.25) is 0 Å². The van der Waals surface area contributed by atoms with Gasteiger partial charge in [0.05, 0.1) is 10.5 Å². The van der Waals surface area contributed by atoms with Gasteiger partial charge in [-0.25, -0.2) is 4.79 Å². The Morgan fingerprint density at radius 2 is 2.00 bits per heavy atom. The number of rotatable bonds is 4. The van der Waals surface area contributed by atoms with Gasteiger partial charge in [-0.3, -0.25) is 14.9 Å². The summed E-state index contributed by atoms with van der Waals surface area (Å²) in [6, 6.07) is 10.0. The quantitative estimate of drug-likeness (QED) is 0.503. The van der Waals surface area contributed by atoms with Crippen LogP contribution in [0.2, 0.25) is 0 Å². The summed E-state index contributed by atoms with van der Waals surface area (Å²) >= 11 is 0. The number of nitro groups is 1. The third-order valence-electron chi connectivity index (χ3n) is 4.57. The molecule has 0 saturated heterocycles. The fourth-order valence-corrected chi connectivity index (χ4v) is 3.03. The van der Waals surface area contributed by atoms with Crippen LogP contribution in [0.25, 0.3) is 0 Å². The number of hydrogen-bond donors (Lipinski definition) is 1. The van der Waals surface area contributed by atoms with Crippen LogP contribution in [-0.2, 0) is 16.0 Å². The van der Waals surface area contributed by atoms with Gasteiger partial charge in [0.1, 0.15) is 5.69 Å². The van der Waals surface area contributed by atoms with Gasteiger partial charge >= 0.3 is 5.97 Å². The van der Waals surface area contributed by atoms with E-state index < -0.39 is 22.9 Å². The van der Waals surface area contributed by atoms with E-state index in [0.717, 1.165) is 11.1 Å². The number of aryl methyl sites for hydroxylation is 1. The van der Waals surface area contributed by atoms with E-state index in [-0.39, 0.29) is 23.7 Å². The Labute approximate surface area is 156 Å². The predicted molar refractivity (Wildman–Crippen MR) is 99.9 cm³/mol. The van der Waals surface area contributed by atoms with Gasteiger partial charge in [-0.05, 0) is 41.7 Å². The first-order valence-electron chi connectivity index (χ1n) is 8.66. The molecule has 1 N–H and O–H groups in total. The lowest BCUT2D eigenvalue weighted by Crippen LogP contribution is -2.38. The van der Waals surface area contributed by atoms with Crippen LogP contribution in [0.4, 0.5) is 11.4 Å². The van der Waals surface area contributed by atoms with E-state index in [1.54, 1.807) is 19.1 Å². The highest BCUT2D eigenvalue weighted by molar-refractivity contribution is 6.01. The van der Waals surface area contributed by atoms with Crippen molar-refractivity contribution in [1.29, 1.82) is 0 Å². The zero-order valence-corrected chi connectivity index (χ0v) is 15.3. The highest BCUT2D eigenvalue weighted by atomic mass is 16.6. The Morgan fingerprint density at radius 1 is 1.26 bits per heavy atom. The van der Waals surface area contributed by atoms with Crippen molar-refractivity contribution in [2.75, 3.05) is 5.32 Å². The van der Waals surface area contributed by atoms with Gasteiger partial charge in [-0.1, -0.05) is 32.0 Å². The molecule has 7 heteroatoms. The summed E-state index contributed by atoms with van der Waals surface area (Å²) in [7, 11) is 0. The molecule has 0 bridgehead atoms. The first-order chi connectivity index (χ1) is 12.8. The molecule has 0 aromatic heterocycles. The van der Waals surface area contributed by atoms with Gasteiger partial charge in [-0.15, -0.1) is 0 Å². The second kappa shape index (κ2) is 7.19. The van der Waals surface area contributed by atoms with E-state index >= 15 is 0 Å². The molecule has 1 aliphatic rings. The van der Waals surface area contributed by atoms with Crippen molar-refractivity contribution in [3.63, 3.8) is 0 Å². The second-order valence-corrected chi connectivity index (χ2v) is 6.94. The van der Waals surface area contributed by atoms with E-state index in [9.17, 15) is 19.7 Å². The summed E-state index contributed by atoms with van der Waals surface area (Å²) in [6.07, 6.45) is -0.805. The Balaban J connectivity index is 1.84. The highest BCUT2D eigenvalue weighted by Crippen LogP contribution is 2.28. The van der Waals surface area contributed by atoms with Gasteiger partial charge in [-0.2, -0.15) is 0 Å². The maximum atomic E-state index is 12.6. The molecule has 2 aromatic rings. The molecular formula is C20H20N2O5. The smallest absolute Gasteiger partial charge is 0.339 e. The van der Waals surface area contributed by atoms with Crippen LogP contribution in [0.3, 0.4) is 0 Å². The lowest BCUT2D eigenvalue weighted by molar-refractivity contribution is -0.384. The maximum Gasteiger partial charge on any atom is 0.339 e. The molecular weight excluding hydrogens is 348 g/mol. The van der Waals surface area contributed by atoms with Crippen molar-refractivity contribution >= 4 is 23.3 Å². The number of carbonyl (C=O) groups is 2. The van der Waals surface area contributed by atoms with Crippen LogP contribution in [0.5, 0.6) is 0 Å². The molecule has 0 spiro atoms. The number of esters is 1. The van der Waals surface area contributed by atoms with Gasteiger partial charge in [0.25, 0.3) is 11.6 Å². The average molecular weight is 368 g/mol. The third kappa shape index (κ3) is 3.81. The van der Waals surface area contributed by atoms with Crippen LogP contribution in [0, 0.1) is 17.0 Å². The molecule has 0 aliphatic carbocycles. The molecule has 0 radical (unpaired) electrons. The summed E-state index contributed by atoms with van der Waals surface area (Å²) in [6.45, 7) is 5.82. The molecule has 2 aromatic carbocycles. The number of ether oxygens (including phenoxy) is 1. The molecule has 3 rings (SSSR count). The molecule has 1 atom stereocenters. The lowest BCUT2D eigenvalue weighted by atomic mass is 9.92. The SMILES string of the molecule is Cc1ccc(NC(=O)C2Cc3cc(C(C)C)ccc3C(=O)O2)c([N+](=O)[O-])c1. The van der Waals surface area contributed by atoms with Crippen LogP contribution in [-0.4, -0.2) is 22.9 Å². The van der Waals surface area contributed by atoms with E-state index in [1.165, 1.54) is 12.1 Å². The average Bonchev–Trinajstić information content (AvgIpc) is 2.62.